The standard InChI is InChI=1S/C47H30N2O2/c1-3-11-34(12-4-1)47-48-42-27-29-44-45(46(42)51-47)41-30-35(22-28-43(41)50-44)31-18-23-37(24-19-31)49(36-14-5-2-6-15-36)38-25-20-33(21-26-38)40-17-9-13-32-10-7-8-16-39(32)40/h1-30H. The van der Waals surface area contributed by atoms with E-state index in [1.165, 1.54) is 21.9 Å². The minimum atomic E-state index is 0.602. The van der Waals surface area contributed by atoms with Crippen LogP contribution in [-0.4, -0.2) is 4.98 Å². The third kappa shape index (κ3) is 5.04. The molecule has 0 N–H and O–H groups in total. The lowest BCUT2D eigenvalue weighted by molar-refractivity contribution is 0.622. The van der Waals surface area contributed by atoms with Gasteiger partial charge in [-0.25, -0.2) is 4.98 Å². The number of hydrogen-bond donors (Lipinski definition) is 0. The summed E-state index contributed by atoms with van der Waals surface area (Å²) in [6.07, 6.45) is 0. The van der Waals surface area contributed by atoms with E-state index in [4.69, 9.17) is 13.8 Å². The van der Waals surface area contributed by atoms with Gasteiger partial charge in [-0.3, -0.25) is 0 Å². The first-order valence-electron chi connectivity index (χ1n) is 17.1. The van der Waals surface area contributed by atoms with Crippen LogP contribution >= 0.6 is 0 Å². The molecular weight excluding hydrogens is 625 g/mol. The molecule has 51 heavy (non-hydrogen) atoms. The van der Waals surface area contributed by atoms with Crippen molar-refractivity contribution in [2.45, 2.75) is 0 Å². The number of fused-ring (bicyclic) bond motifs is 6. The van der Waals surface area contributed by atoms with Gasteiger partial charge in [0, 0.05) is 28.0 Å². The van der Waals surface area contributed by atoms with E-state index in [1.54, 1.807) is 0 Å². The molecule has 4 nitrogen and oxygen atoms in total. The molecule has 0 amide bonds. The Morgan fingerprint density at radius 1 is 0.412 bits per heavy atom. The van der Waals surface area contributed by atoms with Crippen LogP contribution in [0.5, 0.6) is 0 Å². The van der Waals surface area contributed by atoms with Gasteiger partial charge in [-0.15, -0.1) is 0 Å². The number of oxazole rings is 1. The Morgan fingerprint density at radius 3 is 1.82 bits per heavy atom. The van der Waals surface area contributed by atoms with Gasteiger partial charge in [0.1, 0.15) is 16.7 Å². The van der Waals surface area contributed by atoms with E-state index in [9.17, 15) is 0 Å². The van der Waals surface area contributed by atoms with E-state index in [0.29, 0.717) is 5.89 Å². The second-order valence-electron chi connectivity index (χ2n) is 12.8. The van der Waals surface area contributed by atoms with Crippen LogP contribution in [0.1, 0.15) is 0 Å². The van der Waals surface area contributed by atoms with E-state index in [-0.39, 0.29) is 0 Å². The lowest BCUT2D eigenvalue weighted by atomic mass is 9.98. The van der Waals surface area contributed by atoms with Gasteiger partial charge >= 0.3 is 0 Å². The molecule has 4 heteroatoms. The smallest absolute Gasteiger partial charge is 0.227 e. The molecule has 0 aliphatic rings. The number of furan rings is 1. The molecule has 0 saturated carbocycles. The Hall–Kier alpha value is -6.91. The van der Waals surface area contributed by atoms with Crippen molar-refractivity contribution in [3.63, 3.8) is 0 Å². The van der Waals surface area contributed by atoms with Gasteiger partial charge in [0.05, 0.1) is 5.39 Å². The van der Waals surface area contributed by atoms with E-state index >= 15 is 0 Å². The normalized spacial score (nSPS) is 11.5. The quantitative estimate of drug-likeness (QED) is 0.179. The van der Waals surface area contributed by atoms with Gasteiger partial charge in [-0.1, -0.05) is 109 Å². The SMILES string of the molecule is c1ccc(-c2nc3ccc4oc5ccc(-c6ccc(N(c7ccccc7)c7ccc(-c8cccc9ccccc89)cc7)cc6)cc5c4c3o2)cc1. The maximum absolute atomic E-state index is 6.38. The van der Waals surface area contributed by atoms with Crippen molar-refractivity contribution in [2.75, 3.05) is 4.90 Å². The molecule has 0 spiro atoms. The number of rotatable bonds is 6. The van der Waals surface area contributed by atoms with Crippen LogP contribution in [0.3, 0.4) is 0 Å². The van der Waals surface area contributed by atoms with Crippen LogP contribution in [0, 0.1) is 0 Å². The summed E-state index contributed by atoms with van der Waals surface area (Å²) >= 11 is 0. The monoisotopic (exact) mass is 654 g/mol. The van der Waals surface area contributed by atoms with Crippen molar-refractivity contribution in [2.24, 2.45) is 0 Å². The Morgan fingerprint density at radius 2 is 1.04 bits per heavy atom. The largest absolute Gasteiger partial charge is 0.456 e. The van der Waals surface area contributed by atoms with E-state index in [2.05, 4.69) is 138 Å². The maximum Gasteiger partial charge on any atom is 0.227 e. The highest BCUT2D eigenvalue weighted by atomic mass is 16.4. The van der Waals surface area contributed by atoms with Crippen molar-refractivity contribution in [3.8, 4) is 33.7 Å². The summed E-state index contributed by atoms with van der Waals surface area (Å²) in [6, 6.07) is 63.5. The lowest BCUT2D eigenvalue weighted by Crippen LogP contribution is -2.09. The molecule has 0 atom stereocenters. The number of hydrogen-bond acceptors (Lipinski definition) is 4. The molecule has 2 heterocycles. The molecule has 0 unspecified atom stereocenters. The first-order valence-corrected chi connectivity index (χ1v) is 17.1. The summed E-state index contributed by atoms with van der Waals surface area (Å²) in [6.45, 7) is 0. The van der Waals surface area contributed by atoms with Crippen LogP contribution in [0.25, 0.3) is 77.5 Å². The number of benzene rings is 8. The fraction of sp³-hybridized carbons (Fsp3) is 0. The van der Waals surface area contributed by atoms with Crippen molar-refractivity contribution in [1.82, 2.24) is 4.98 Å². The fourth-order valence-corrected chi connectivity index (χ4v) is 7.22. The number of para-hydroxylation sites is 1. The van der Waals surface area contributed by atoms with Gasteiger partial charge in [-0.2, -0.15) is 0 Å². The van der Waals surface area contributed by atoms with Gasteiger partial charge < -0.3 is 13.7 Å². The van der Waals surface area contributed by atoms with Crippen molar-refractivity contribution in [1.29, 1.82) is 0 Å². The fourth-order valence-electron chi connectivity index (χ4n) is 7.22. The zero-order valence-electron chi connectivity index (χ0n) is 27.5. The predicted octanol–water partition coefficient (Wildman–Crippen LogP) is 13.4. The highest BCUT2D eigenvalue weighted by molar-refractivity contribution is 6.17. The summed E-state index contributed by atoms with van der Waals surface area (Å²) in [5, 5.41) is 4.45. The molecular formula is C47H30N2O2. The molecule has 0 aliphatic heterocycles. The Bertz CT molecular complexity index is 2830. The second kappa shape index (κ2) is 11.9. The molecule has 0 saturated heterocycles. The van der Waals surface area contributed by atoms with Gasteiger partial charge in [0.25, 0.3) is 0 Å². The summed E-state index contributed by atoms with van der Waals surface area (Å²) in [4.78, 5) is 7.10. The zero-order chi connectivity index (χ0) is 33.7. The minimum Gasteiger partial charge on any atom is -0.456 e. The zero-order valence-corrected chi connectivity index (χ0v) is 27.5. The topological polar surface area (TPSA) is 42.4 Å². The second-order valence-corrected chi connectivity index (χ2v) is 12.8. The van der Waals surface area contributed by atoms with Crippen LogP contribution in [0.2, 0.25) is 0 Å². The summed E-state index contributed by atoms with van der Waals surface area (Å²) in [5.41, 5.74) is 12.0. The molecule has 10 aromatic rings. The number of nitrogens with zero attached hydrogens (tertiary/aromatic N) is 2. The molecule has 0 bridgehead atoms. The Balaban J connectivity index is 1.02. The Labute approximate surface area is 294 Å². The van der Waals surface area contributed by atoms with E-state index in [0.717, 1.165) is 66.8 Å². The van der Waals surface area contributed by atoms with Gasteiger partial charge in [0.2, 0.25) is 5.89 Å². The Kier molecular flexibility index (Phi) is 6.78. The predicted molar refractivity (Wildman–Crippen MR) is 210 cm³/mol. The summed E-state index contributed by atoms with van der Waals surface area (Å²) in [5.74, 6) is 0.602. The van der Waals surface area contributed by atoms with Crippen molar-refractivity contribution < 1.29 is 8.83 Å². The van der Waals surface area contributed by atoms with Crippen molar-refractivity contribution >= 4 is 60.9 Å². The molecule has 240 valence electrons. The first kappa shape index (κ1) is 29.0. The average molecular weight is 655 g/mol. The number of aromatic nitrogens is 1. The van der Waals surface area contributed by atoms with Crippen molar-refractivity contribution in [3.05, 3.63) is 182 Å². The minimum absolute atomic E-state index is 0.602. The first-order chi connectivity index (χ1) is 25.3. The van der Waals surface area contributed by atoms with E-state index < -0.39 is 0 Å². The molecule has 10 rings (SSSR count). The summed E-state index contributed by atoms with van der Waals surface area (Å²) in [7, 11) is 0. The van der Waals surface area contributed by atoms with Crippen LogP contribution in [0.15, 0.2) is 191 Å². The van der Waals surface area contributed by atoms with Crippen LogP contribution < -0.4 is 4.90 Å². The third-order valence-electron chi connectivity index (χ3n) is 9.71. The van der Waals surface area contributed by atoms with E-state index in [1.807, 2.05) is 48.5 Å². The average Bonchev–Trinajstić information content (AvgIpc) is 3.81. The highest BCUT2D eigenvalue weighted by Gasteiger charge is 2.18. The maximum atomic E-state index is 6.38. The van der Waals surface area contributed by atoms with Gasteiger partial charge in [0.15, 0.2) is 5.58 Å². The highest BCUT2D eigenvalue weighted by Crippen LogP contribution is 2.40. The molecule has 0 aliphatic carbocycles. The molecule has 8 aromatic carbocycles. The molecule has 0 radical (unpaired) electrons. The summed E-state index contributed by atoms with van der Waals surface area (Å²) < 4.78 is 12.7. The molecule has 2 aromatic heterocycles. The van der Waals surface area contributed by atoms with Crippen LogP contribution in [-0.2, 0) is 0 Å². The third-order valence-corrected chi connectivity index (χ3v) is 9.71. The van der Waals surface area contributed by atoms with Gasteiger partial charge in [-0.05, 0) is 106 Å². The number of anilines is 3. The lowest BCUT2D eigenvalue weighted by Gasteiger charge is -2.26. The van der Waals surface area contributed by atoms with Crippen LogP contribution in [0.4, 0.5) is 17.1 Å². The molecule has 0 fully saturated rings.